The summed E-state index contributed by atoms with van der Waals surface area (Å²) in [7, 11) is 0. The van der Waals surface area contributed by atoms with Gasteiger partial charge in [-0.3, -0.25) is 10.1 Å². The Balaban J connectivity index is 1.10. The fourth-order valence-electron chi connectivity index (χ4n) is 5.69. The number of unbranched alkanes of at least 4 members (excludes halogenated alkanes) is 1. The fourth-order valence-corrected chi connectivity index (χ4v) is 6.66. The van der Waals surface area contributed by atoms with Crippen LogP contribution in [0.25, 0.3) is 0 Å². The molecule has 1 aliphatic carbocycles. The summed E-state index contributed by atoms with van der Waals surface area (Å²) >= 11 is 1.58. The molecule has 1 N–H and O–H groups in total. The molecule has 0 saturated carbocycles. The number of carbonyl (C=O) groups excluding carboxylic acids is 2. The third kappa shape index (κ3) is 6.41. The molecule has 0 spiro atoms. The summed E-state index contributed by atoms with van der Waals surface area (Å²) in [6, 6.07) is 7.96. The van der Waals surface area contributed by atoms with Gasteiger partial charge in [-0.2, -0.15) is 0 Å². The Morgan fingerprint density at radius 1 is 1.05 bits per heavy atom. The van der Waals surface area contributed by atoms with Crippen LogP contribution in [0.5, 0.6) is 0 Å². The molecule has 2 fully saturated rings. The molecule has 0 radical (unpaired) electrons. The highest BCUT2D eigenvalue weighted by atomic mass is 32.1. The van der Waals surface area contributed by atoms with Crippen molar-refractivity contribution in [2.45, 2.75) is 77.0 Å². The third-order valence-electron chi connectivity index (χ3n) is 7.80. The average Bonchev–Trinajstić information content (AvgIpc) is 3.43. The van der Waals surface area contributed by atoms with E-state index >= 15 is 0 Å². The van der Waals surface area contributed by atoms with Crippen LogP contribution in [0, 0.1) is 5.92 Å². The third-order valence-corrected chi connectivity index (χ3v) is 8.80. The van der Waals surface area contributed by atoms with Crippen LogP contribution in [0.3, 0.4) is 0 Å². The average molecular weight is 523 g/mol. The predicted molar refractivity (Wildman–Crippen MR) is 147 cm³/mol. The molecule has 2 amide bonds. The van der Waals surface area contributed by atoms with Crippen LogP contribution in [-0.4, -0.2) is 46.6 Å². The van der Waals surface area contributed by atoms with E-state index in [0.717, 1.165) is 49.3 Å². The van der Waals surface area contributed by atoms with Gasteiger partial charge in [-0.05, 0) is 81.4 Å². The largest absolute Gasteiger partial charge is 0.430 e. The molecule has 0 bridgehead atoms. The molecular formula is C29H38N4O3S. The highest BCUT2D eigenvalue weighted by Gasteiger charge is 2.32. The summed E-state index contributed by atoms with van der Waals surface area (Å²) in [5.74, 6) is 0.876. The molecule has 2 aromatic rings. The Labute approximate surface area is 223 Å². The second-order valence-electron chi connectivity index (χ2n) is 10.4. The Morgan fingerprint density at radius 3 is 2.62 bits per heavy atom. The van der Waals surface area contributed by atoms with Gasteiger partial charge in [-0.25, -0.2) is 9.78 Å². The van der Waals surface area contributed by atoms with Crippen molar-refractivity contribution < 1.29 is 14.4 Å². The molecule has 2 aliphatic heterocycles. The molecule has 1 aromatic carbocycles. The molecule has 1 unspecified atom stereocenters. The number of hydrogen-bond acceptors (Lipinski definition) is 6. The van der Waals surface area contributed by atoms with Crippen molar-refractivity contribution in [3.8, 4) is 0 Å². The quantitative estimate of drug-likeness (QED) is 0.435. The first-order valence-electron chi connectivity index (χ1n) is 13.9. The molecule has 3 aliphatic rings. The number of allylic oxidation sites excluding steroid dienone is 2. The number of hydroxylamine groups is 2. The molecule has 1 atom stereocenters. The Bertz CT molecular complexity index is 1100. The maximum absolute atomic E-state index is 13.3. The van der Waals surface area contributed by atoms with Crippen LogP contribution in [-0.2, 0) is 11.3 Å². The van der Waals surface area contributed by atoms with Crippen LogP contribution >= 0.6 is 11.3 Å². The minimum atomic E-state index is -0.459. The summed E-state index contributed by atoms with van der Waals surface area (Å²) < 4.78 is 0. The van der Waals surface area contributed by atoms with E-state index in [2.05, 4.69) is 30.4 Å². The number of amides is 2. The van der Waals surface area contributed by atoms with Crippen LogP contribution in [0.15, 0.2) is 41.4 Å². The Kier molecular flexibility index (Phi) is 8.56. The molecule has 8 heteroatoms. The number of aryl methyl sites for hydroxylation is 1. The minimum Gasteiger partial charge on any atom is -0.351 e. The molecule has 1 aromatic heterocycles. The zero-order chi connectivity index (χ0) is 25.6. The van der Waals surface area contributed by atoms with E-state index in [9.17, 15) is 9.59 Å². The van der Waals surface area contributed by atoms with Crippen molar-refractivity contribution in [2.24, 2.45) is 5.92 Å². The Hall–Kier alpha value is -2.71. The Morgan fingerprint density at radius 2 is 1.84 bits per heavy atom. The van der Waals surface area contributed by atoms with Crippen LogP contribution < -0.4 is 5.32 Å². The molecule has 7 nitrogen and oxygen atoms in total. The second kappa shape index (κ2) is 12.2. The smallest absolute Gasteiger partial charge is 0.351 e. The zero-order valence-electron chi connectivity index (χ0n) is 21.8. The number of fused-ring (bicyclic) bond motifs is 1. The van der Waals surface area contributed by atoms with Crippen molar-refractivity contribution in [2.75, 3.05) is 25.0 Å². The van der Waals surface area contributed by atoms with E-state index in [0.29, 0.717) is 24.7 Å². The van der Waals surface area contributed by atoms with Gasteiger partial charge in [0.1, 0.15) is 5.69 Å². The minimum absolute atomic E-state index is 0.0520. The maximum Gasteiger partial charge on any atom is 0.430 e. The lowest BCUT2D eigenvalue weighted by Crippen LogP contribution is -2.39. The van der Waals surface area contributed by atoms with Gasteiger partial charge in [-0.1, -0.05) is 31.6 Å². The number of benzene rings is 1. The summed E-state index contributed by atoms with van der Waals surface area (Å²) in [6.45, 7) is 4.28. The zero-order valence-corrected chi connectivity index (χ0v) is 22.6. The molecule has 3 heterocycles. The van der Waals surface area contributed by atoms with Crippen molar-refractivity contribution in [1.82, 2.24) is 14.9 Å². The summed E-state index contributed by atoms with van der Waals surface area (Å²) in [4.78, 5) is 38.0. The first-order chi connectivity index (χ1) is 18.1. The van der Waals surface area contributed by atoms with Gasteiger partial charge in [0.25, 0.3) is 5.91 Å². The van der Waals surface area contributed by atoms with E-state index in [1.807, 2.05) is 22.4 Å². The number of aromatic nitrogens is 1. The lowest BCUT2D eigenvalue weighted by atomic mass is 9.85. The number of nitrogens with one attached hydrogen (secondary N) is 1. The van der Waals surface area contributed by atoms with Crippen molar-refractivity contribution in [3.63, 3.8) is 0 Å². The lowest BCUT2D eigenvalue weighted by Gasteiger charge is -2.37. The summed E-state index contributed by atoms with van der Waals surface area (Å²) in [5, 5.41) is 7.49. The van der Waals surface area contributed by atoms with Gasteiger partial charge in [0.15, 0.2) is 0 Å². The topological polar surface area (TPSA) is 74.8 Å². The van der Waals surface area contributed by atoms with Crippen LogP contribution in [0.2, 0.25) is 0 Å². The standard InChI is InChI=1S/C29H38N4O3S/c1-2-3-7-21-11-13-24(14-12-21)30-29(35)36-32-18-15-23(16-19-32)27-31-25(20-37-27)28(34)33-17-6-9-22-8-4-5-10-26(22)33/h10-14,20,22-23H,2-9,15-19H2,1H3,(H,30,35). The monoisotopic (exact) mass is 522 g/mol. The van der Waals surface area contributed by atoms with Crippen molar-refractivity contribution >= 4 is 29.0 Å². The van der Waals surface area contributed by atoms with Gasteiger partial charge in [-0.15, -0.1) is 16.4 Å². The van der Waals surface area contributed by atoms with Crippen molar-refractivity contribution in [1.29, 1.82) is 0 Å². The fraction of sp³-hybridized carbons (Fsp3) is 0.552. The first kappa shape index (κ1) is 25.9. The molecular weight excluding hydrogens is 484 g/mol. The number of hydrogen-bond donors (Lipinski definition) is 1. The molecule has 198 valence electrons. The maximum atomic E-state index is 13.3. The van der Waals surface area contributed by atoms with E-state index in [1.165, 1.54) is 43.4 Å². The highest BCUT2D eigenvalue weighted by molar-refractivity contribution is 7.09. The van der Waals surface area contributed by atoms with E-state index in [1.54, 1.807) is 16.4 Å². The van der Waals surface area contributed by atoms with Crippen LogP contribution in [0.4, 0.5) is 10.5 Å². The predicted octanol–water partition coefficient (Wildman–Crippen LogP) is 6.75. The van der Waals surface area contributed by atoms with E-state index in [4.69, 9.17) is 9.82 Å². The SMILES string of the molecule is CCCCc1ccc(NC(=O)ON2CCC(c3nc(C(=O)N4CCCC5CCCC=C54)cs3)CC2)cc1. The highest BCUT2D eigenvalue weighted by Crippen LogP contribution is 2.36. The normalized spacial score (nSPS) is 20.7. The number of likely N-dealkylation sites (tertiary alicyclic amines) is 1. The first-order valence-corrected chi connectivity index (χ1v) is 14.8. The van der Waals surface area contributed by atoms with Crippen molar-refractivity contribution in [3.05, 3.63) is 57.7 Å². The van der Waals surface area contributed by atoms with Crippen LogP contribution in [0.1, 0.15) is 91.7 Å². The number of thiazole rings is 1. The van der Waals surface area contributed by atoms with Gasteiger partial charge in [0.2, 0.25) is 0 Å². The summed E-state index contributed by atoms with van der Waals surface area (Å²) in [6.07, 6.45) is 12.7. The van der Waals surface area contributed by atoms with Gasteiger partial charge in [0.05, 0.1) is 5.01 Å². The van der Waals surface area contributed by atoms with E-state index in [-0.39, 0.29) is 11.8 Å². The molecule has 2 saturated heterocycles. The number of anilines is 1. The number of nitrogens with zero attached hydrogens (tertiary/aromatic N) is 3. The molecule has 5 rings (SSSR count). The van der Waals surface area contributed by atoms with Gasteiger partial charge >= 0.3 is 6.09 Å². The number of piperidine rings is 2. The van der Waals surface area contributed by atoms with Gasteiger partial charge in [0, 0.05) is 42.3 Å². The second-order valence-corrected chi connectivity index (χ2v) is 11.3. The molecule has 37 heavy (non-hydrogen) atoms. The summed E-state index contributed by atoms with van der Waals surface area (Å²) in [5.41, 5.74) is 3.82. The number of rotatable bonds is 7. The van der Waals surface area contributed by atoms with Gasteiger partial charge < -0.3 is 9.74 Å². The van der Waals surface area contributed by atoms with E-state index < -0.39 is 6.09 Å². The number of carbonyl (C=O) groups is 2. The lowest BCUT2D eigenvalue weighted by molar-refractivity contribution is -0.108.